The zero-order valence-corrected chi connectivity index (χ0v) is 13.0. The fourth-order valence-corrected chi connectivity index (χ4v) is 3.14. The second kappa shape index (κ2) is 6.64. The molecule has 0 unspecified atom stereocenters. The van der Waals surface area contributed by atoms with Crippen LogP contribution in [-0.4, -0.2) is 26.2 Å². The lowest BCUT2D eigenvalue weighted by Crippen LogP contribution is -3.13. The number of nitrogens with one attached hydrogen (secondary N) is 1. The first-order valence-corrected chi connectivity index (χ1v) is 7.89. The lowest BCUT2D eigenvalue weighted by atomic mass is 10.1. The van der Waals surface area contributed by atoms with E-state index in [1.807, 2.05) is 12.1 Å². The monoisotopic (exact) mass is 292 g/mol. The Labute approximate surface area is 132 Å². The number of anilines is 1. The third kappa shape index (κ3) is 3.29. The summed E-state index contributed by atoms with van der Waals surface area (Å²) in [5.41, 5.74) is 4.79. The second-order valence-electron chi connectivity index (χ2n) is 6.01. The highest BCUT2D eigenvalue weighted by molar-refractivity contribution is 5.53. The lowest BCUT2D eigenvalue weighted by Gasteiger charge is -2.34. The summed E-state index contributed by atoms with van der Waals surface area (Å²) in [6.07, 6.45) is 0. The fraction of sp³-hybridized carbons (Fsp3) is 0.316. The third-order valence-electron chi connectivity index (χ3n) is 4.46. The Balaban J connectivity index is 1.57. The maximum absolute atomic E-state index is 8.85. The largest absolute Gasteiger partial charge is 0.360 e. The molecule has 1 saturated heterocycles. The molecule has 0 spiro atoms. The summed E-state index contributed by atoms with van der Waals surface area (Å²) in [6.45, 7) is 7.77. The van der Waals surface area contributed by atoms with Crippen molar-refractivity contribution in [3.63, 3.8) is 0 Å². The highest BCUT2D eigenvalue weighted by Crippen LogP contribution is 2.18. The molecule has 3 rings (SSSR count). The first kappa shape index (κ1) is 14.6. The number of hydrogen-bond donors (Lipinski definition) is 1. The molecule has 112 valence electrons. The molecule has 0 aromatic heterocycles. The zero-order valence-electron chi connectivity index (χ0n) is 13.0. The molecule has 3 heteroatoms. The molecular formula is C19H22N3+. The van der Waals surface area contributed by atoms with Gasteiger partial charge in [0.05, 0.1) is 37.8 Å². The van der Waals surface area contributed by atoms with Crippen molar-refractivity contribution >= 4 is 5.69 Å². The van der Waals surface area contributed by atoms with Crippen molar-refractivity contribution in [2.24, 2.45) is 0 Å². The van der Waals surface area contributed by atoms with Gasteiger partial charge in [-0.1, -0.05) is 30.3 Å². The van der Waals surface area contributed by atoms with Gasteiger partial charge in [-0.05, 0) is 30.7 Å². The Morgan fingerprint density at radius 2 is 1.73 bits per heavy atom. The Morgan fingerprint density at radius 3 is 2.36 bits per heavy atom. The third-order valence-corrected chi connectivity index (χ3v) is 4.46. The first-order chi connectivity index (χ1) is 10.8. The molecule has 0 amide bonds. The minimum atomic E-state index is 0.739. The summed E-state index contributed by atoms with van der Waals surface area (Å²) >= 11 is 0. The van der Waals surface area contributed by atoms with Gasteiger partial charge in [-0.15, -0.1) is 0 Å². The summed E-state index contributed by atoms with van der Waals surface area (Å²) in [6, 6.07) is 18.8. The van der Waals surface area contributed by atoms with Gasteiger partial charge in [-0.2, -0.15) is 5.26 Å². The average molecular weight is 292 g/mol. The van der Waals surface area contributed by atoms with E-state index in [-0.39, 0.29) is 0 Å². The molecule has 0 bridgehead atoms. The van der Waals surface area contributed by atoms with Gasteiger partial charge in [0.25, 0.3) is 0 Å². The van der Waals surface area contributed by atoms with Gasteiger partial charge in [-0.25, -0.2) is 0 Å². The molecule has 0 saturated carbocycles. The summed E-state index contributed by atoms with van der Waals surface area (Å²) in [4.78, 5) is 4.12. The summed E-state index contributed by atoms with van der Waals surface area (Å²) in [5, 5.41) is 8.85. The van der Waals surface area contributed by atoms with E-state index < -0.39 is 0 Å². The van der Waals surface area contributed by atoms with Crippen LogP contribution < -0.4 is 9.80 Å². The number of benzene rings is 2. The molecule has 2 aromatic rings. The van der Waals surface area contributed by atoms with Crippen LogP contribution in [0.3, 0.4) is 0 Å². The topological polar surface area (TPSA) is 31.5 Å². The number of nitriles is 1. The fourth-order valence-electron chi connectivity index (χ4n) is 3.14. The van der Waals surface area contributed by atoms with Crippen molar-refractivity contribution in [2.45, 2.75) is 13.5 Å². The Hall–Kier alpha value is -2.31. The maximum Gasteiger partial charge on any atom is 0.103 e. The minimum Gasteiger partial charge on any atom is -0.360 e. The molecule has 1 aliphatic heterocycles. The number of piperazine rings is 1. The maximum atomic E-state index is 8.85. The molecule has 0 atom stereocenters. The van der Waals surface area contributed by atoms with E-state index in [2.05, 4.69) is 54.3 Å². The van der Waals surface area contributed by atoms with Crippen molar-refractivity contribution < 1.29 is 4.90 Å². The van der Waals surface area contributed by atoms with Gasteiger partial charge in [0, 0.05) is 11.3 Å². The number of hydrogen-bond acceptors (Lipinski definition) is 2. The normalized spacial score (nSPS) is 15.5. The van der Waals surface area contributed by atoms with Crippen molar-refractivity contribution in [1.82, 2.24) is 0 Å². The van der Waals surface area contributed by atoms with Gasteiger partial charge in [0.1, 0.15) is 6.54 Å². The zero-order chi connectivity index (χ0) is 15.4. The molecule has 0 aliphatic carbocycles. The van der Waals surface area contributed by atoms with Crippen LogP contribution in [-0.2, 0) is 6.54 Å². The molecule has 0 radical (unpaired) electrons. The average Bonchev–Trinajstić information content (AvgIpc) is 2.57. The molecule has 22 heavy (non-hydrogen) atoms. The van der Waals surface area contributed by atoms with Crippen molar-refractivity contribution in [3.05, 3.63) is 65.2 Å². The minimum absolute atomic E-state index is 0.739. The highest BCUT2D eigenvalue weighted by atomic mass is 15.3. The van der Waals surface area contributed by atoms with Gasteiger partial charge in [0.15, 0.2) is 0 Å². The predicted molar refractivity (Wildman–Crippen MR) is 88.9 cm³/mol. The van der Waals surface area contributed by atoms with E-state index in [0.29, 0.717) is 0 Å². The molecule has 1 N–H and O–H groups in total. The van der Waals surface area contributed by atoms with Crippen LogP contribution in [0.25, 0.3) is 0 Å². The highest BCUT2D eigenvalue weighted by Gasteiger charge is 2.21. The summed E-state index contributed by atoms with van der Waals surface area (Å²) in [7, 11) is 0. The molecule has 1 fully saturated rings. The quantitative estimate of drug-likeness (QED) is 0.935. The van der Waals surface area contributed by atoms with Gasteiger partial charge in [0.2, 0.25) is 0 Å². The standard InChI is InChI=1S/C19H21N3/c1-16-4-2-3-5-19(16)22-12-10-21(11-13-22)15-18-8-6-17(14-20)7-9-18/h2-9H,10-13,15H2,1H3/p+1. The van der Waals surface area contributed by atoms with Crippen LogP contribution in [0.1, 0.15) is 16.7 Å². The Bertz CT molecular complexity index is 662. The number of quaternary nitrogens is 1. The van der Waals surface area contributed by atoms with Crippen LogP contribution in [0.2, 0.25) is 0 Å². The van der Waals surface area contributed by atoms with E-state index in [9.17, 15) is 0 Å². The number of aryl methyl sites for hydroxylation is 1. The van der Waals surface area contributed by atoms with E-state index >= 15 is 0 Å². The van der Waals surface area contributed by atoms with E-state index in [1.54, 1.807) is 4.90 Å². The second-order valence-corrected chi connectivity index (χ2v) is 6.01. The van der Waals surface area contributed by atoms with Crippen LogP contribution in [0.5, 0.6) is 0 Å². The number of para-hydroxylation sites is 1. The number of rotatable bonds is 3. The molecule has 3 nitrogen and oxygen atoms in total. The van der Waals surface area contributed by atoms with Crippen LogP contribution >= 0.6 is 0 Å². The van der Waals surface area contributed by atoms with Crippen LogP contribution in [0, 0.1) is 18.3 Å². The smallest absolute Gasteiger partial charge is 0.103 e. The van der Waals surface area contributed by atoms with E-state index in [0.717, 1.165) is 38.3 Å². The summed E-state index contributed by atoms with van der Waals surface area (Å²) < 4.78 is 0. The van der Waals surface area contributed by atoms with Gasteiger partial charge >= 0.3 is 0 Å². The van der Waals surface area contributed by atoms with Gasteiger partial charge < -0.3 is 9.80 Å². The Kier molecular flexibility index (Phi) is 4.41. The number of nitrogens with zero attached hydrogens (tertiary/aromatic N) is 2. The first-order valence-electron chi connectivity index (χ1n) is 7.89. The molecule has 2 aromatic carbocycles. The molecule has 1 heterocycles. The molecule has 1 aliphatic rings. The van der Waals surface area contributed by atoms with E-state index in [4.69, 9.17) is 5.26 Å². The lowest BCUT2D eigenvalue weighted by molar-refractivity contribution is -0.914. The van der Waals surface area contributed by atoms with Crippen molar-refractivity contribution in [3.8, 4) is 6.07 Å². The summed E-state index contributed by atoms with van der Waals surface area (Å²) in [5.74, 6) is 0. The van der Waals surface area contributed by atoms with Crippen LogP contribution in [0.15, 0.2) is 48.5 Å². The van der Waals surface area contributed by atoms with E-state index in [1.165, 1.54) is 16.8 Å². The Morgan fingerprint density at radius 1 is 1.05 bits per heavy atom. The SMILES string of the molecule is Cc1ccccc1N1CC[NH+](Cc2ccc(C#N)cc2)CC1. The van der Waals surface area contributed by atoms with Crippen molar-refractivity contribution in [2.75, 3.05) is 31.1 Å². The van der Waals surface area contributed by atoms with Crippen molar-refractivity contribution in [1.29, 1.82) is 5.26 Å². The van der Waals surface area contributed by atoms with Crippen LogP contribution in [0.4, 0.5) is 5.69 Å². The van der Waals surface area contributed by atoms with Gasteiger partial charge in [-0.3, -0.25) is 0 Å². The molecular weight excluding hydrogens is 270 g/mol. The predicted octanol–water partition coefficient (Wildman–Crippen LogP) is 1.77.